The smallest absolute Gasteiger partial charge is 0.251 e. The van der Waals surface area contributed by atoms with Gasteiger partial charge in [-0.3, -0.25) is 9.69 Å². The minimum absolute atomic E-state index is 0.0268. The lowest BCUT2D eigenvalue weighted by Crippen LogP contribution is -2.35. The van der Waals surface area contributed by atoms with Crippen LogP contribution in [0.25, 0.3) is 0 Å². The minimum atomic E-state index is -0.268. The monoisotopic (exact) mass is 298 g/mol. The molecule has 1 aliphatic rings. The maximum absolute atomic E-state index is 12.0. The van der Waals surface area contributed by atoms with Gasteiger partial charge < -0.3 is 10.1 Å². The molecule has 2 atom stereocenters. The van der Waals surface area contributed by atoms with Crippen LogP contribution in [0.4, 0.5) is 0 Å². The van der Waals surface area contributed by atoms with Gasteiger partial charge in [0.05, 0.1) is 6.54 Å². The first-order valence-corrected chi connectivity index (χ1v) is 6.71. The Labute approximate surface area is 122 Å². The summed E-state index contributed by atoms with van der Waals surface area (Å²) >= 11 is 11.0. The van der Waals surface area contributed by atoms with Gasteiger partial charge in [-0.25, -0.2) is 0 Å². The molecule has 0 aromatic heterocycles. The Hall–Kier alpha value is -1.17. The van der Waals surface area contributed by atoms with E-state index in [-0.39, 0.29) is 18.1 Å². The van der Waals surface area contributed by atoms with Gasteiger partial charge in [-0.15, -0.1) is 0 Å². The average molecular weight is 299 g/mol. The summed E-state index contributed by atoms with van der Waals surface area (Å²) in [5.74, 6) is -0.0268. The zero-order valence-corrected chi connectivity index (χ0v) is 12.3. The molecule has 1 saturated heterocycles. The molecule has 0 bridgehead atoms. The van der Waals surface area contributed by atoms with Crippen LogP contribution in [0.15, 0.2) is 24.3 Å². The first-order valence-electron chi connectivity index (χ1n) is 5.93. The third kappa shape index (κ3) is 3.05. The summed E-state index contributed by atoms with van der Waals surface area (Å²) in [6.45, 7) is 2.19. The summed E-state index contributed by atoms with van der Waals surface area (Å²) in [6.07, 6.45) is -0.230. The molecule has 102 valence electrons. The first-order chi connectivity index (χ1) is 9.02. The molecule has 0 spiro atoms. The molecule has 0 aliphatic carbocycles. The van der Waals surface area contributed by atoms with Gasteiger partial charge in [-0.2, -0.15) is 0 Å². The number of halogens is 1. The number of thiocarbonyl (C=S) groups is 1. The summed E-state index contributed by atoms with van der Waals surface area (Å²) in [5.41, 5.74) is 0.960. The summed E-state index contributed by atoms with van der Waals surface area (Å²) in [7, 11) is 1.61. The van der Waals surface area contributed by atoms with Gasteiger partial charge in [0.15, 0.2) is 5.11 Å². The maximum atomic E-state index is 12.0. The Morgan fingerprint density at radius 3 is 2.58 bits per heavy atom. The Bertz CT molecular complexity index is 492. The molecule has 1 N–H and O–H groups in total. The SMILES string of the molecule is CO[C@@H](CN1C(=O)[C@@H](C)NC1=S)c1ccc(Cl)cc1. The number of carbonyl (C=O) groups excluding carboxylic acids is 1. The van der Waals surface area contributed by atoms with E-state index < -0.39 is 0 Å². The quantitative estimate of drug-likeness (QED) is 0.865. The summed E-state index contributed by atoms with van der Waals surface area (Å²) in [6, 6.07) is 7.10. The molecule has 1 heterocycles. The summed E-state index contributed by atoms with van der Waals surface area (Å²) in [4.78, 5) is 13.5. The van der Waals surface area contributed by atoms with E-state index in [1.54, 1.807) is 31.1 Å². The number of benzene rings is 1. The number of hydrogen-bond acceptors (Lipinski definition) is 3. The molecular weight excluding hydrogens is 284 g/mol. The Balaban J connectivity index is 2.13. The van der Waals surface area contributed by atoms with Crippen molar-refractivity contribution in [3.05, 3.63) is 34.9 Å². The fourth-order valence-electron chi connectivity index (χ4n) is 1.99. The van der Waals surface area contributed by atoms with E-state index in [0.29, 0.717) is 16.7 Å². The van der Waals surface area contributed by atoms with Crippen LogP contribution in [0, 0.1) is 0 Å². The van der Waals surface area contributed by atoms with E-state index in [2.05, 4.69) is 5.32 Å². The van der Waals surface area contributed by atoms with Crippen molar-refractivity contribution in [2.45, 2.75) is 19.1 Å². The van der Waals surface area contributed by atoms with Crippen molar-refractivity contribution in [3.63, 3.8) is 0 Å². The highest BCUT2D eigenvalue weighted by molar-refractivity contribution is 7.80. The van der Waals surface area contributed by atoms with Crippen molar-refractivity contribution in [1.29, 1.82) is 0 Å². The fraction of sp³-hybridized carbons (Fsp3) is 0.385. The number of methoxy groups -OCH3 is 1. The highest BCUT2D eigenvalue weighted by Crippen LogP contribution is 2.22. The maximum Gasteiger partial charge on any atom is 0.251 e. The topological polar surface area (TPSA) is 41.6 Å². The second kappa shape index (κ2) is 5.86. The molecule has 6 heteroatoms. The van der Waals surface area contributed by atoms with Gasteiger partial charge in [0.2, 0.25) is 0 Å². The first kappa shape index (κ1) is 14.2. The van der Waals surface area contributed by atoms with Gasteiger partial charge in [0.1, 0.15) is 12.1 Å². The van der Waals surface area contributed by atoms with Crippen LogP contribution in [-0.2, 0) is 9.53 Å². The van der Waals surface area contributed by atoms with Crippen molar-refractivity contribution in [2.24, 2.45) is 0 Å². The van der Waals surface area contributed by atoms with Crippen molar-refractivity contribution in [3.8, 4) is 0 Å². The second-order valence-corrected chi connectivity index (χ2v) is 5.22. The predicted octanol–water partition coefficient (Wildman–Crippen LogP) is 2.13. The molecule has 1 aromatic rings. The number of carbonyl (C=O) groups is 1. The van der Waals surface area contributed by atoms with E-state index in [1.807, 2.05) is 12.1 Å². The number of hydrogen-bond donors (Lipinski definition) is 1. The van der Waals surface area contributed by atoms with Gasteiger partial charge in [-0.1, -0.05) is 23.7 Å². The van der Waals surface area contributed by atoms with E-state index in [1.165, 1.54) is 0 Å². The number of nitrogens with one attached hydrogen (secondary N) is 1. The molecule has 1 aromatic carbocycles. The molecule has 1 amide bonds. The molecule has 2 rings (SSSR count). The molecule has 19 heavy (non-hydrogen) atoms. The lowest BCUT2D eigenvalue weighted by atomic mass is 10.1. The molecule has 4 nitrogen and oxygen atoms in total. The van der Waals surface area contributed by atoms with Crippen LogP contribution in [0.1, 0.15) is 18.6 Å². The van der Waals surface area contributed by atoms with E-state index >= 15 is 0 Å². The summed E-state index contributed by atoms with van der Waals surface area (Å²) in [5, 5.41) is 4.06. The highest BCUT2D eigenvalue weighted by atomic mass is 35.5. The molecule has 0 unspecified atom stereocenters. The van der Waals surface area contributed by atoms with E-state index in [9.17, 15) is 4.79 Å². The second-order valence-electron chi connectivity index (χ2n) is 4.40. The van der Waals surface area contributed by atoms with Gasteiger partial charge in [0, 0.05) is 12.1 Å². The zero-order chi connectivity index (χ0) is 14.0. The predicted molar refractivity (Wildman–Crippen MR) is 78.1 cm³/mol. The lowest BCUT2D eigenvalue weighted by Gasteiger charge is -2.22. The van der Waals surface area contributed by atoms with E-state index in [4.69, 9.17) is 28.6 Å². The minimum Gasteiger partial charge on any atom is -0.375 e. The van der Waals surface area contributed by atoms with Crippen LogP contribution < -0.4 is 5.32 Å². The molecule has 0 radical (unpaired) electrons. The van der Waals surface area contributed by atoms with Crippen molar-refractivity contribution in [1.82, 2.24) is 10.2 Å². The number of ether oxygens (including phenoxy) is 1. The van der Waals surface area contributed by atoms with Crippen LogP contribution in [0.3, 0.4) is 0 Å². The molecular formula is C13H15ClN2O2S. The standard InChI is InChI=1S/C13H15ClN2O2S/c1-8-12(17)16(13(19)15-8)7-11(18-2)9-3-5-10(14)6-4-9/h3-6,8,11H,7H2,1-2H3,(H,15,19)/t8-,11+/m1/s1. The third-order valence-electron chi connectivity index (χ3n) is 3.10. The van der Waals surface area contributed by atoms with Crippen molar-refractivity contribution >= 4 is 34.8 Å². The average Bonchev–Trinajstić information content (AvgIpc) is 2.63. The highest BCUT2D eigenvalue weighted by Gasteiger charge is 2.33. The molecule has 1 fully saturated rings. The van der Waals surface area contributed by atoms with Crippen molar-refractivity contribution in [2.75, 3.05) is 13.7 Å². The van der Waals surface area contributed by atoms with Crippen molar-refractivity contribution < 1.29 is 9.53 Å². The summed E-state index contributed by atoms with van der Waals surface area (Å²) < 4.78 is 5.45. The fourth-order valence-corrected chi connectivity index (χ4v) is 2.46. The van der Waals surface area contributed by atoms with E-state index in [0.717, 1.165) is 5.56 Å². The van der Waals surface area contributed by atoms with Crippen LogP contribution >= 0.6 is 23.8 Å². The molecule has 1 aliphatic heterocycles. The van der Waals surface area contributed by atoms with Crippen LogP contribution in [0.5, 0.6) is 0 Å². The van der Waals surface area contributed by atoms with Gasteiger partial charge in [-0.05, 0) is 36.8 Å². The zero-order valence-electron chi connectivity index (χ0n) is 10.7. The largest absolute Gasteiger partial charge is 0.375 e. The normalized spacial score (nSPS) is 20.6. The number of rotatable bonds is 4. The van der Waals surface area contributed by atoms with Crippen LogP contribution in [-0.4, -0.2) is 35.6 Å². The third-order valence-corrected chi connectivity index (χ3v) is 3.69. The Morgan fingerprint density at radius 2 is 2.11 bits per heavy atom. The molecule has 0 saturated carbocycles. The van der Waals surface area contributed by atoms with Gasteiger partial charge >= 0.3 is 0 Å². The Kier molecular flexibility index (Phi) is 4.39. The van der Waals surface area contributed by atoms with Gasteiger partial charge in [0.25, 0.3) is 5.91 Å². The Morgan fingerprint density at radius 1 is 1.47 bits per heavy atom. The number of nitrogens with zero attached hydrogens (tertiary/aromatic N) is 1. The van der Waals surface area contributed by atoms with Crippen LogP contribution in [0.2, 0.25) is 5.02 Å². The number of amides is 1. The lowest BCUT2D eigenvalue weighted by molar-refractivity contribution is -0.127.